The highest BCUT2D eigenvalue weighted by molar-refractivity contribution is 5.97. The highest BCUT2D eigenvalue weighted by atomic mass is 19.3. The van der Waals surface area contributed by atoms with Crippen LogP contribution in [0.1, 0.15) is 41.1 Å². The van der Waals surface area contributed by atoms with Crippen LogP contribution in [0.5, 0.6) is 0 Å². The molecule has 3 N–H and O–H groups in total. The van der Waals surface area contributed by atoms with E-state index in [4.69, 9.17) is 0 Å². The van der Waals surface area contributed by atoms with E-state index in [9.17, 15) is 13.6 Å². The zero-order valence-corrected chi connectivity index (χ0v) is 11.6. The first-order valence-corrected chi connectivity index (χ1v) is 6.62. The molecule has 22 heavy (non-hydrogen) atoms. The van der Waals surface area contributed by atoms with Gasteiger partial charge in [0.2, 0.25) is 0 Å². The minimum absolute atomic E-state index is 0.222. The molecule has 1 unspecified atom stereocenters. The number of amides is 1. The molecule has 6 nitrogen and oxygen atoms in total. The normalized spacial score (nSPS) is 12.7. The lowest BCUT2D eigenvalue weighted by Gasteiger charge is -2.11. The van der Waals surface area contributed by atoms with Crippen molar-refractivity contribution in [1.82, 2.24) is 25.5 Å². The van der Waals surface area contributed by atoms with Gasteiger partial charge in [-0.1, -0.05) is 0 Å². The topological polar surface area (TPSA) is 86.5 Å². The molecule has 0 aliphatic carbocycles. The molecule has 1 atom stereocenters. The van der Waals surface area contributed by atoms with E-state index in [2.05, 4.69) is 25.5 Å². The molecule has 1 amide bonds. The molecular weight excluding hydrogens is 292 g/mol. The average molecular weight is 305 g/mol. The third-order valence-corrected chi connectivity index (χ3v) is 3.34. The smallest absolute Gasteiger partial charge is 0.295 e. The van der Waals surface area contributed by atoms with Crippen molar-refractivity contribution >= 4 is 16.9 Å². The fourth-order valence-electron chi connectivity index (χ4n) is 2.13. The Morgan fingerprint density at radius 2 is 2.18 bits per heavy atom. The third kappa shape index (κ3) is 2.67. The number of hydrogen-bond donors (Lipinski definition) is 3. The minimum atomic E-state index is -2.68. The number of aromatic amines is 2. The number of fused-ring (bicyclic) bond motifs is 1. The van der Waals surface area contributed by atoms with Gasteiger partial charge in [0.15, 0.2) is 5.82 Å². The zero-order chi connectivity index (χ0) is 15.7. The summed E-state index contributed by atoms with van der Waals surface area (Å²) in [5.74, 6) is -0.705. The number of aromatic nitrogens is 4. The molecule has 114 valence electrons. The van der Waals surface area contributed by atoms with Crippen LogP contribution in [-0.4, -0.2) is 26.1 Å². The zero-order valence-electron chi connectivity index (χ0n) is 11.6. The van der Waals surface area contributed by atoms with E-state index >= 15 is 0 Å². The molecule has 1 aromatic carbocycles. The number of hydrogen-bond acceptors (Lipinski definition) is 3. The summed E-state index contributed by atoms with van der Waals surface area (Å²) in [6.07, 6.45) is 0.640. The predicted octanol–water partition coefficient (Wildman–Crippen LogP) is 2.71. The van der Waals surface area contributed by atoms with Gasteiger partial charge < -0.3 is 10.3 Å². The van der Waals surface area contributed by atoms with Crippen molar-refractivity contribution in [2.45, 2.75) is 19.4 Å². The summed E-state index contributed by atoms with van der Waals surface area (Å²) < 4.78 is 25.2. The van der Waals surface area contributed by atoms with Gasteiger partial charge in [0, 0.05) is 17.3 Å². The molecule has 8 heteroatoms. The van der Waals surface area contributed by atoms with E-state index < -0.39 is 12.2 Å². The lowest BCUT2D eigenvalue weighted by Crippen LogP contribution is -2.26. The molecule has 3 rings (SSSR count). The number of alkyl halides is 2. The van der Waals surface area contributed by atoms with E-state index in [1.807, 2.05) is 6.92 Å². The number of carbonyl (C=O) groups is 1. The van der Waals surface area contributed by atoms with Crippen molar-refractivity contribution in [3.8, 4) is 0 Å². The van der Waals surface area contributed by atoms with Crippen molar-refractivity contribution in [2.75, 3.05) is 0 Å². The number of nitrogens with one attached hydrogen (secondary N) is 3. The Hall–Kier alpha value is -2.77. The minimum Gasteiger partial charge on any atom is -0.345 e. The van der Waals surface area contributed by atoms with Crippen LogP contribution in [0, 0.1) is 0 Å². The maximum absolute atomic E-state index is 12.6. The van der Waals surface area contributed by atoms with E-state index in [1.165, 1.54) is 12.1 Å². The van der Waals surface area contributed by atoms with Crippen molar-refractivity contribution < 1.29 is 13.6 Å². The number of H-pyrrole nitrogens is 2. The Morgan fingerprint density at radius 1 is 1.36 bits per heavy atom. The van der Waals surface area contributed by atoms with Crippen LogP contribution in [0.25, 0.3) is 11.0 Å². The Kier molecular flexibility index (Phi) is 3.58. The van der Waals surface area contributed by atoms with Gasteiger partial charge in [-0.2, -0.15) is 5.10 Å². The number of nitrogens with zero attached hydrogens (tertiary/aromatic N) is 2. The molecule has 0 spiro atoms. The summed E-state index contributed by atoms with van der Waals surface area (Å²) in [5.41, 5.74) is 2.01. The number of rotatable bonds is 4. The number of benzene rings is 1. The first-order valence-electron chi connectivity index (χ1n) is 6.62. The van der Waals surface area contributed by atoms with Gasteiger partial charge in [0.25, 0.3) is 12.3 Å². The maximum Gasteiger partial charge on any atom is 0.295 e. The molecule has 0 fully saturated rings. The monoisotopic (exact) mass is 305 g/mol. The molecule has 0 saturated carbocycles. The predicted molar refractivity (Wildman–Crippen MR) is 75.5 cm³/mol. The van der Waals surface area contributed by atoms with Crippen LogP contribution >= 0.6 is 0 Å². The quantitative estimate of drug-likeness (QED) is 0.692. The van der Waals surface area contributed by atoms with E-state index in [0.717, 1.165) is 5.56 Å². The van der Waals surface area contributed by atoms with Gasteiger partial charge in [-0.3, -0.25) is 9.89 Å². The Labute approximate surface area is 123 Å². The Morgan fingerprint density at radius 3 is 2.86 bits per heavy atom. The standard InChI is InChI=1S/C14H13F2N5O/c1-7(9-5-17-18-6-9)19-14(22)8-2-3-10-11(4-8)21-13(20-10)12(15)16/h2-7,12H,1H3,(H,17,18)(H,19,22)(H,20,21). The molecule has 0 aliphatic rings. The second-order valence-corrected chi connectivity index (χ2v) is 4.88. The van der Waals surface area contributed by atoms with Gasteiger partial charge in [0.05, 0.1) is 23.3 Å². The van der Waals surface area contributed by atoms with Crippen molar-refractivity contribution in [2.24, 2.45) is 0 Å². The van der Waals surface area contributed by atoms with Gasteiger partial charge in [-0.05, 0) is 25.1 Å². The second kappa shape index (κ2) is 5.55. The lowest BCUT2D eigenvalue weighted by atomic mass is 10.1. The van der Waals surface area contributed by atoms with E-state index in [-0.39, 0.29) is 11.9 Å². The molecule has 3 aromatic rings. The third-order valence-electron chi connectivity index (χ3n) is 3.34. The summed E-state index contributed by atoms with van der Waals surface area (Å²) in [5, 5.41) is 9.31. The molecule has 2 aromatic heterocycles. The Balaban J connectivity index is 1.81. The largest absolute Gasteiger partial charge is 0.345 e. The molecule has 0 aliphatic heterocycles. The highest BCUT2D eigenvalue weighted by Crippen LogP contribution is 2.21. The summed E-state index contributed by atoms with van der Waals surface area (Å²) in [6.45, 7) is 1.83. The van der Waals surface area contributed by atoms with Crippen LogP contribution in [0.4, 0.5) is 8.78 Å². The number of halogens is 2. The van der Waals surface area contributed by atoms with Gasteiger partial charge in [-0.25, -0.2) is 13.8 Å². The molecule has 0 radical (unpaired) electrons. The molecular formula is C14H13F2N5O. The van der Waals surface area contributed by atoms with Gasteiger partial charge >= 0.3 is 0 Å². The summed E-state index contributed by atoms with van der Waals surface area (Å²) in [4.78, 5) is 18.5. The highest BCUT2D eigenvalue weighted by Gasteiger charge is 2.16. The summed E-state index contributed by atoms with van der Waals surface area (Å²) >= 11 is 0. The second-order valence-electron chi connectivity index (χ2n) is 4.88. The maximum atomic E-state index is 12.6. The fraction of sp³-hybridized carbons (Fsp3) is 0.214. The number of imidazole rings is 1. The lowest BCUT2D eigenvalue weighted by molar-refractivity contribution is 0.0940. The van der Waals surface area contributed by atoms with Crippen LogP contribution in [0.15, 0.2) is 30.6 Å². The van der Waals surface area contributed by atoms with Crippen molar-refractivity contribution in [3.63, 3.8) is 0 Å². The average Bonchev–Trinajstić information content (AvgIpc) is 3.15. The summed E-state index contributed by atoms with van der Waals surface area (Å²) in [7, 11) is 0. The van der Waals surface area contributed by atoms with E-state index in [0.29, 0.717) is 16.6 Å². The van der Waals surface area contributed by atoms with Crippen LogP contribution in [-0.2, 0) is 0 Å². The Bertz CT molecular complexity index is 797. The van der Waals surface area contributed by atoms with Crippen molar-refractivity contribution in [1.29, 1.82) is 0 Å². The molecule has 2 heterocycles. The molecule has 0 bridgehead atoms. The first-order chi connectivity index (χ1) is 10.5. The summed E-state index contributed by atoms with van der Waals surface area (Å²) in [6, 6.07) is 4.37. The van der Waals surface area contributed by atoms with Gasteiger partial charge in [-0.15, -0.1) is 0 Å². The number of carbonyl (C=O) groups excluding carboxylic acids is 1. The van der Waals surface area contributed by atoms with Crippen molar-refractivity contribution in [3.05, 3.63) is 47.5 Å². The van der Waals surface area contributed by atoms with Crippen LogP contribution < -0.4 is 5.32 Å². The van der Waals surface area contributed by atoms with Crippen LogP contribution in [0.3, 0.4) is 0 Å². The van der Waals surface area contributed by atoms with Crippen LogP contribution in [0.2, 0.25) is 0 Å². The molecule has 0 saturated heterocycles. The fourth-order valence-corrected chi connectivity index (χ4v) is 2.13. The van der Waals surface area contributed by atoms with Gasteiger partial charge in [0.1, 0.15) is 0 Å². The SMILES string of the molecule is CC(NC(=O)c1ccc2nc(C(F)F)[nH]c2c1)c1cn[nH]c1. The first kappa shape index (κ1) is 14.2. The van der Waals surface area contributed by atoms with E-state index in [1.54, 1.807) is 18.5 Å².